The minimum absolute atomic E-state index is 0.0683. The molecule has 17 heavy (non-hydrogen) atoms. The molecule has 0 aliphatic heterocycles. The van der Waals surface area contributed by atoms with Gasteiger partial charge in [0, 0.05) is 20.1 Å². The molecule has 7 heteroatoms. The van der Waals surface area contributed by atoms with Crippen molar-refractivity contribution in [3.8, 4) is 6.01 Å². The van der Waals surface area contributed by atoms with Gasteiger partial charge in [-0.3, -0.25) is 0 Å². The Bertz CT molecular complexity index is 343. The summed E-state index contributed by atoms with van der Waals surface area (Å²) in [5.41, 5.74) is 0. The topological polar surface area (TPSA) is 83.4 Å². The number of hydrogen-bond acceptors (Lipinski definition) is 7. The Morgan fingerprint density at radius 3 is 2.47 bits per heavy atom. The minimum Gasteiger partial charge on any atom is -0.461 e. The summed E-state index contributed by atoms with van der Waals surface area (Å²) in [7, 11) is 1.73. The molecule has 0 saturated heterocycles. The van der Waals surface area contributed by atoms with Crippen LogP contribution in [0.15, 0.2) is 0 Å². The third-order valence-corrected chi connectivity index (χ3v) is 2.20. The van der Waals surface area contributed by atoms with Gasteiger partial charge in [-0.25, -0.2) is 0 Å². The smallest absolute Gasteiger partial charge is 0.323 e. The number of aliphatic hydroxyl groups is 1. The summed E-state index contributed by atoms with van der Waals surface area (Å²) in [5.74, 6) is 1.03. The predicted molar refractivity (Wildman–Crippen MR) is 65.5 cm³/mol. The average molecular weight is 241 g/mol. The summed E-state index contributed by atoms with van der Waals surface area (Å²) < 4.78 is 5.20. The maximum absolute atomic E-state index is 8.70. The fraction of sp³-hybridized carbons (Fsp3) is 0.700. The summed E-state index contributed by atoms with van der Waals surface area (Å²) in [4.78, 5) is 14.5. The lowest BCUT2D eigenvalue weighted by Gasteiger charge is -2.19. The lowest BCUT2D eigenvalue weighted by atomic mass is 10.5. The maximum atomic E-state index is 8.70. The van der Waals surface area contributed by atoms with Crippen LogP contribution < -0.4 is 15.0 Å². The van der Waals surface area contributed by atoms with Gasteiger partial charge in [-0.15, -0.1) is 0 Å². The van der Waals surface area contributed by atoms with Crippen LogP contribution in [0, 0.1) is 0 Å². The highest BCUT2D eigenvalue weighted by Crippen LogP contribution is 2.14. The van der Waals surface area contributed by atoms with Gasteiger partial charge in [-0.1, -0.05) is 0 Å². The highest BCUT2D eigenvalue weighted by atomic mass is 16.5. The number of nitrogens with zero attached hydrogens (tertiary/aromatic N) is 4. The van der Waals surface area contributed by atoms with Crippen LogP contribution in [0.2, 0.25) is 0 Å². The number of anilines is 2. The SMILES string of the molecule is CCN(CC)c1nc(NC)nc(OCCO)n1. The molecule has 0 aliphatic rings. The van der Waals surface area contributed by atoms with E-state index in [4.69, 9.17) is 9.84 Å². The van der Waals surface area contributed by atoms with Gasteiger partial charge in [-0.05, 0) is 13.8 Å². The molecule has 0 amide bonds. The Morgan fingerprint density at radius 1 is 1.24 bits per heavy atom. The fourth-order valence-corrected chi connectivity index (χ4v) is 1.31. The monoisotopic (exact) mass is 241 g/mol. The van der Waals surface area contributed by atoms with E-state index in [2.05, 4.69) is 20.3 Å². The zero-order valence-electron chi connectivity index (χ0n) is 10.5. The molecule has 96 valence electrons. The van der Waals surface area contributed by atoms with Crippen LogP contribution in [0.1, 0.15) is 13.8 Å². The standard InChI is InChI=1S/C10H19N5O2/c1-4-15(5-2)9-12-8(11-3)13-10(14-9)17-7-6-16/h16H,4-7H2,1-3H3,(H,11,12,13,14). The van der Waals surface area contributed by atoms with Crippen molar-refractivity contribution >= 4 is 11.9 Å². The van der Waals surface area contributed by atoms with Crippen LogP contribution in [0.5, 0.6) is 6.01 Å². The molecule has 0 aromatic carbocycles. The summed E-state index contributed by atoms with van der Waals surface area (Å²) >= 11 is 0. The molecule has 0 radical (unpaired) electrons. The second-order valence-electron chi connectivity index (χ2n) is 3.24. The molecule has 0 spiro atoms. The molecule has 0 unspecified atom stereocenters. The van der Waals surface area contributed by atoms with Crippen LogP contribution in [0.25, 0.3) is 0 Å². The van der Waals surface area contributed by atoms with Crippen LogP contribution in [0.4, 0.5) is 11.9 Å². The number of aliphatic hydroxyl groups excluding tert-OH is 1. The third-order valence-electron chi connectivity index (χ3n) is 2.20. The second-order valence-corrected chi connectivity index (χ2v) is 3.24. The normalized spacial score (nSPS) is 10.1. The van der Waals surface area contributed by atoms with Crippen molar-refractivity contribution in [1.82, 2.24) is 15.0 Å². The Labute approximate surface area is 101 Å². The quantitative estimate of drug-likeness (QED) is 0.702. The molecule has 0 bridgehead atoms. The first-order valence-corrected chi connectivity index (χ1v) is 5.67. The van der Waals surface area contributed by atoms with Gasteiger partial charge in [0.05, 0.1) is 6.61 Å². The lowest BCUT2D eigenvalue weighted by Crippen LogP contribution is -2.25. The van der Waals surface area contributed by atoms with Crippen molar-refractivity contribution in [1.29, 1.82) is 0 Å². The third kappa shape index (κ3) is 3.70. The van der Waals surface area contributed by atoms with Crippen molar-refractivity contribution in [3.63, 3.8) is 0 Å². The van der Waals surface area contributed by atoms with Gasteiger partial charge in [0.15, 0.2) is 0 Å². The maximum Gasteiger partial charge on any atom is 0.323 e. The van der Waals surface area contributed by atoms with Crippen molar-refractivity contribution in [2.45, 2.75) is 13.8 Å². The largest absolute Gasteiger partial charge is 0.461 e. The highest BCUT2D eigenvalue weighted by Gasteiger charge is 2.10. The number of aromatic nitrogens is 3. The molecule has 0 saturated carbocycles. The summed E-state index contributed by atoms with van der Waals surface area (Å²) in [6, 6.07) is 0.223. The van der Waals surface area contributed by atoms with Gasteiger partial charge < -0.3 is 20.1 Å². The van der Waals surface area contributed by atoms with Gasteiger partial charge >= 0.3 is 6.01 Å². The molecule has 1 heterocycles. The van der Waals surface area contributed by atoms with Gasteiger partial charge in [0.2, 0.25) is 11.9 Å². The highest BCUT2D eigenvalue weighted by molar-refractivity contribution is 5.37. The Kier molecular flexibility index (Phi) is 5.41. The zero-order valence-corrected chi connectivity index (χ0v) is 10.5. The molecule has 0 aliphatic carbocycles. The molecule has 1 aromatic heterocycles. The predicted octanol–water partition coefficient (Wildman–Crippen LogP) is 0.131. The van der Waals surface area contributed by atoms with E-state index in [1.807, 2.05) is 18.7 Å². The number of ether oxygens (including phenoxy) is 1. The van der Waals surface area contributed by atoms with E-state index in [1.54, 1.807) is 7.05 Å². The molecular weight excluding hydrogens is 222 g/mol. The summed E-state index contributed by atoms with van der Waals surface area (Å²) in [6.07, 6.45) is 0. The van der Waals surface area contributed by atoms with Gasteiger partial charge in [0.1, 0.15) is 6.61 Å². The second kappa shape index (κ2) is 6.85. The molecule has 1 rings (SSSR count). The molecule has 2 N–H and O–H groups in total. The van der Waals surface area contributed by atoms with Crippen LogP contribution >= 0.6 is 0 Å². The number of rotatable bonds is 7. The summed E-state index contributed by atoms with van der Waals surface area (Å²) in [6.45, 7) is 5.78. The molecule has 1 aromatic rings. The van der Waals surface area contributed by atoms with Crippen LogP contribution in [0.3, 0.4) is 0 Å². The van der Waals surface area contributed by atoms with E-state index in [9.17, 15) is 0 Å². The van der Waals surface area contributed by atoms with E-state index in [1.165, 1.54) is 0 Å². The summed E-state index contributed by atoms with van der Waals surface area (Å²) in [5, 5.41) is 11.6. The zero-order chi connectivity index (χ0) is 12.7. The molecular formula is C10H19N5O2. The van der Waals surface area contributed by atoms with Gasteiger partial charge in [0.25, 0.3) is 0 Å². The fourth-order valence-electron chi connectivity index (χ4n) is 1.31. The number of hydrogen-bond donors (Lipinski definition) is 2. The van der Waals surface area contributed by atoms with E-state index in [-0.39, 0.29) is 19.2 Å². The van der Waals surface area contributed by atoms with E-state index in [0.717, 1.165) is 13.1 Å². The minimum atomic E-state index is -0.0683. The van der Waals surface area contributed by atoms with Crippen molar-refractivity contribution in [3.05, 3.63) is 0 Å². The molecule has 7 nitrogen and oxygen atoms in total. The average Bonchev–Trinajstić information content (AvgIpc) is 2.37. The van der Waals surface area contributed by atoms with Crippen molar-refractivity contribution < 1.29 is 9.84 Å². The Hall–Kier alpha value is -1.63. The first-order valence-electron chi connectivity index (χ1n) is 5.67. The molecule has 0 fully saturated rings. The first-order chi connectivity index (χ1) is 8.24. The van der Waals surface area contributed by atoms with Crippen molar-refractivity contribution in [2.24, 2.45) is 0 Å². The van der Waals surface area contributed by atoms with E-state index >= 15 is 0 Å². The Balaban J connectivity index is 2.95. The van der Waals surface area contributed by atoms with Crippen LogP contribution in [-0.2, 0) is 0 Å². The Morgan fingerprint density at radius 2 is 1.94 bits per heavy atom. The first kappa shape index (κ1) is 13.4. The van der Waals surface area contributed by atoms with E-state index < -0.39 is 0 Å². The van der Waals surface area contributed by atoms with Crippen LogP contribution in [-0.4, -0.2) is 53.4 Å². The lowest BCUT2D eigenvalue weighted by molar-refractivity contribution is 0.191. The van der Waals surface area contributed by atoms with E-state index in [0.29, 0.717) is 11.9 Å². The van der Waals surface area contributed by atoms with Crippen molar-refractivity contribution in [2.75, 3.05) is 43.6 Å². The van der Waals surface area contributed by atoms with Gasteiger partial charge in [-0.2, -0.15) is 15.0 Å². The molecule has 0 atom stereocenters. The number of nitrogens with one attached hydrogen (secondary N) is 1.